The first-order valence-electron chi connectivity index (χ1n) is 9.20. The number of hydrogen-bond acceptors (Lipinski definition) is 6. The van der Waals surface area contributed by atoms with Gasteiger partial charge >= 0.3 is 6.18 Å². The summed E-state index contributed by atoms with van der Waals surface area (Å²) in [4.78, 5) is 16.5. The van der Waals surface area contributed by atoms with Gasteiger partial charge in [-0.05, 0) is 36.2 Å². The number of nitrogens with zero attached hydrogens (tertiary/aromatic N) is 4. The Bertz CT molecular complexity index is 1190. The van der Waals surface area contributed by atoms with Crippen molar-refractivity contribution in [1.29, 1.82) is 0 Å². The number of ether oxygens (including phenoxy) is 1. The SMILES string of the molecule is Fc1cccc(Oc2ccc(CCNc3ncnc4nccnc34)cc2)c1C(F)(F)F. The van der Waals surface area contributed by atoms with E-state index < -0.39 is 23.3 Å². The number of benzene rings is 2. The van der Waals surface area contributed by atoms with Gasteiger partial charge in [-0.2, -0.15) is 13.2 Å². The van der Waals surface area contributed by atoms with Gasteiger partial charge in [-0.3, -0.25) is 0 Å². The first-order valence-corrected chi connectivity index (χ1v) is 9.20. The van der Waals surface area contributed by atoms with Crippen molar-refractivity contribution < 1.29 is 22.3 Å². The molecular weight excluding hydrogens is 414 g/mol. The average molecular weight is 429 g/mol. The second-order valence-electron chi connectivity index (χ2n) is 6.48. The van der Waals surface area contributed by atoms with Crippen molar-refractivity contribution in [3.8, 4) is 11.5 Å². The summed E-state index contributed by atoms with van der Waals surface area (Å²) >= 11 is 0. The number of anilines is 1. The van der Waals surface area contributed by atoms with Crippen molar-refractivity contribution in [2.75, 3.05) is 11.9 Å². The van der Waals surface area contributed by atoms with Crippen molar-refractivity contribution in [3.05, 3.63) is 78.1 Å². The number of rotatable bonds is 6. The highest BCUT2D eigenvalue weighted by Crippen LogP contribution is 2.39. The third-order valence-electron chi connectivity index (χ3n) is 4.39. The van der Waals surface area contributed by atoms with E-state index in [1.165, 1.54) is 24.5 Å². The van der Waals surface area contributed by atoms with Gasteiger partial charge in [0.25, 0.3) is 0 Å². The van der Waals surface area contributed by atoms with Crippen molar-refractivity contribution in [1.82, 2.24) is 19.9 Å². The lowest BCUT2D eigenvalue weighted by Crippen LogP contribution is -2.10. The Morgan fingerprint density at radius 1 is 0.903 bits per heavy atom. The lowest BCUT2D eigenvalue weighted by atomic mass is 10.1. The van der Waals surface area contributed by atoms with Crippen molar-refractivity contribution in [2.24, 2.45) is 0 Å². The summed E-state index contributed by atoms with van der Waals surface area (Å²) in [6.45, 7) is 0.533. The normalized spacial score (nSPS) is 11.5. The van der Waals surface area contributed by atoms with Gasteiger partial charge in [-0.1, -0.05) is 18.2 Å². The molecule has 31 heavy (non-hydrogen) atoms. The number of fused-ring (bicyclic) bond motifs is 1. The van der Waals surface area contributed by atoms with E-state index in [0.717, 1.165) is 17.7 Å². The predicted molar refractivity (Wildman–Crippen MR) is 105 cm³/mol. The minimum Gasteiger partial charge on any atom is -0.457 e. The average Bonchev–Trinajstić information content (AvgIpc) is 2.74. The molecule has 0 aliphatic heterocycles. The molecule has 4 rings (SSSR count). The first-order chi connectivity index (χ1) is 14.9. The molecule has 0 bridgehead atoms. The molecule has 2 aromatic heterocycles. The Morgan fingerprint density at radius 3 is 2.45 bits per heavy atom. The molecule has 0 atom stereocenters. The van der Waals surface area contributed by atoms with Gasteiger partial charge in [0.05, 0.1) is 0 Å². The zero-order valence-corrected chi connectivity index (χ0v) is 15.9. The lowest BCUT2D eigenvalue weighted by molar-refractivity contribution is -0.141. The standard InChI is InChI=1S/C21H15F4N5O/c22-15-2-1-3-16(17(15)21(23,24)25)31-14-6-4-13(5-7-14)8-9-27-19-18-20(30-12-29-19)28-11-10-26-18/h1-7,10-12H,8-9H2,(H,27,28,29,30). The Kier molecular flexibility index (Phi) is 5.61. The second-order valence-corrected chi connectivity index (χ2v) is 6.48. The number of halogens is 4. The molecule has 0 saturated carbocycles. The summed E-state index contributed by atoms with van der Waals surface area (Å²) < 4.78 is 58.3. The highest BCUT2D eigenvalue weighted by atomic mass is 19.4. The maximum Gasteiger partial charge on any atom is 0.422 e. The lowest BCUT2D eigenvalue weighted by Gasteiger charge is -2.14. The van der Waals surface area contributed by atoms with E-state index in [9.17, 15) is 17.6 Å². The maximum absolute atomic E-state index is 13.7. The Morgan fingerprint density at radius 2 is 1.68 bits per heavy atom. The van der Waals surface area contributed by atoms with E-state index in [4.69, 9.17) is 4.74 Å². The molecular formula is C21H15F4N5O. The van der Waals surface area contributed by atoms with Crippen molar-refractivity contribution in [3.63, 3.8) is 0 Å². The molecule has 0 radical (unpaired) electrons. The highest BCUT2D eigenvalue weighted by molar-refractivity contribution is 5.81. The third-order valence-corrected chi connectivity index (χ3v) is 4.39. The number of nitrogens with one attached hydrogen (secondary N) is 1. The summed E-state index contributed by atoms with van der Waals surface area (Å²) in [5.41, 5.74) is 0.532. The molecule has 0 spiro atoms. The number of aromatic nitrogens is 4. The fraction of sp³-hybridized carbons (Fsp3) is 0.143. The molecule has 0 fully saturated rings. The molecule has 0 aliphatic carbocycles. The topological polar surface area (TPSA) is 72.8 Å². The monoisotopic (exact) mass is 429 g/mol. The molecule has 0 unspecified atom stereocenters. The highest BCUT2D eigenvalue weighted by Gasteiger charge is 2.38. The predicted octanol–water partition coefficient (Wildman–Crippen LogP) is 5.02. The van der Waals surface area contributed by atoms with Gasteiger partial charge in [-0.15, -0.1) is 0 Å². The van der Waals surface area contributed by atoms with Gasteiger partial charge in [-0.25, -0.2) is 24.3 Å². The van der Waals surface area contributed by atoms with Crippen LogP contribution in [-0.2, 0) is 12.6 Å². The summed E-state index contributed by atoms with van der Waals surface area (Å²) in [7, 11) is 0. The van der Waals surface area contributed by atoms with Crippen LogP contribution in [0.2, 0.25) is 0 Å². The van der Waals surface area contributed by atoms with E-state index in [0.29, 0.717) is 29.9 Å². The maximum atomic E-state index is 13.7. The molecule has 6 nitrogen and oxygen atoms in total. The summed E-state index contributed by atoms with van der Waals surface area (Å²) in [5.74, 6) is -1.23. The largest absolute Gasteiger partial charge is 0.457 e. The minimum atomic E-state index is -4.86. The van der Waals surface area contributed by atoms with Crippen molar-refractivity contribution >= 4 is 17.0 Å². The minimum absolute atomic E-state index is 0.171. The molecule has 2 heterocycles. The van der Waals surface area contributed by atoms with Crippen LogP contribution >= 0.6 is 0 Å². The molecule has 0 aliphatic rings. The molecule has 0 amide bonds. The molecule has 2 aromatic carbocycles. The molecule has 10 heteroatoms. The van der Waals surface area contributed by atoms with E-state index in [2.05, 4.69) is 25.3 Å². The Hall–Kier alpha value is -3.82. The van der Waals surface area contributed by atoms with E-state index >= 15 is 0 Å². The fourth-order valence-electron chi connectivity index (χ4n) is 2.96. The van der Waals surface area contributed by atoms with Crippen LogP contribution in [0.15, 0.2) is 61.2 Å². The third kappa shape index (κ3) is 4.68. The van der Waals surface area contributed by atoms with Crippen molar-refractivity contribution in [2.45, 2.75) is 12.6 Å². The first kappa shape index (κ1) is 20.5. The smallest absolute Gasteiger partial charge is 0.422 e. The Labute approximate surface area is 174 Å². The van der Waals surface area contributed by atoms with Crippen LogP contribution in [0.4, 0.5) is 23.4 Å². The molecule has 0 saturated heterocycles. The fourth-order valence-corrected chi connectivity index (χ4v) is 2.96. The van der Waals surface area contributed by atoms with Gasteiger partial charge in [0.1, 0.15) is 34.7 Å². The van der Waals surface area contributed by atoms with Crippen LogP contribution in [-0.4, -0.2) is 26.5 Å². The van der Waals surface area contributed by atoms with E-state index in [1.807, 2.05) is 0 Å². The summed E-state index contributed by atoms with van der Waals surface area (Å²) in [5, 5.41) is 3.17. The quantitative estimate of drug-likeness (QED) is 0.434. The van der Waals surface area contributed by atoms with E-state index in [-0.39, 0.29) is 5.75 Å². The zero-order chi connectivity index (χ0) is 21.8. The van der Waals surface area contributed by atoms with Gasteiger partial charge in [0.2, 0.25) is 0 Å². The van der Waals surface area contributed by atoms with Crippen LogP contribution < -0.4 is 10.1 Å². The summed E-state index contributed by atoms with van der Waals surface area (Å²) in [6.07, 6.45) is 0.247. The van der Waals surface area contributed by atoms with Gasteiger partial charge < -0.3 is 10.1 Å². The molecule has 158 valence electrons. The Balaban J connectivity index is 1.41. The number of hydrogen-bond donors (Lipinski definition) is 1. The molecule has 1 N–H and O–H groups in total. The zero-order valence-electron chi connectivity index (χ0n) is 15.9. The summed E-state index contributed by atoms with van der Waals surface area (Å²) in [6, 6.07) is 9.51. The van der Waals surface area contributed by atoms with Crippen LogP contribution in [0.5, 0.6) is 11.5 Å². The van der Waals surface area contributed by atoms with Gasteiger partial charge in [0, 0.05) is 18.9 Å². The number of alkyl halides is 3. The van der Waals surface area contributed by atoms with Crippen LogP contribution in [0.3, 0.4) is 0 Å². The van der Waals surface area contributed by atoms with Crippen LogP contribution in [0.25, 0.3) is 11.2 Å². The second kappa shape index (κ2) is 8.50. The molecule has 4 aromatic rings. The van der Waals surface area contributed by atoms with Gasteiger partial charge in [0.15, 0.2) is 11.5 Å². The van der Waals surface area contributed by atoms with E-state index in [1.54, 1.807) is 24.5 Å². The van der Waals surface area contributed by atoms with Crippen LogP contribution in [0.1, 0.15) is 11.1 Å². The van der Waals surface area contributed by atoms with Crippen LogP contribution in [0, 0.1) is 5.82 Å².